The van der Waals surface area contributed by atoms with Crippen LogP contribution in [-0.4, -0.2) is 34.0 Å². The molecule has 0 aliphatic heterocycles. The number of aliphatic imine (C=N–C) groups is 1. The lowest BCUT2D eigenvalue weighted by Gasteiger charge is -2.22. The summed E-state index contributed by atoms with van der Waals surface area (Å²) in [7, 11) is 2.06. The third-order valence-corrected chi connectivity index (χ3v) is 3.69. The van der Waals surface area contributed by atoms with Crippen LogP contribution in [0.3, 0.4) is 0 Å². The Labute approximate surface area is 168 Å². The van der Waals surface area contributed by atoms with E-state index in [9.17, 15) is 0 Å². The van der Waals surface area contributed by atoms with Crippen LogP contribution in [0, 0.1) is 5.92 Å². The van der Waals surface area contributed by atoms with E-state index >= 15 is 0 Å². The number of rotatable bonds is 7. The van der Waals surface area contributed by atoms with E-state index in [0.717, 1.165) is 31.4 Å². The monoisotopic (exact) mass is 455 g/mol. The van der Waals surface area contributed by atoms with Crippen molar-refractivity contribution in [2.45, 2.75) is 40.4 Å². The second-order valence-corrected chi connectivity index (χ2v) is 6.40. The molecule has 5 nitrogen and oxygen atoms in total. The predicted molar refractivity (Wildman–Crippen MR) is 115 cm³/mol. The summed E-state index contributed by atoms with van der Waals surface area (Å²) in [5.41, 5.74) is 1.27. The van der Waals surface area contributed by atoms with Crippen LogP contribution in [0.4, 0.5) is 0 Å². The van der Waals surface area contributed by atoms with Crippen molar-refractivity contribution in [1.29, 1.82) is 0 Å². The highest BCUT2D eigenvalue weighted by molar-refractivity contribution is 14.0. The lowest BCUT2D eigenvalue weighted by atomic mass is 10.2. The molecule has 0 bridgehead atoms. The molecule has 6 heteroatoms. The Morgan fingerprint density at radius 3 is 2.64 bits per heavy atom. The van der Waals surface area contributed by atoms with Gasteiger partial charge in [0.1, 0.15) is 12.4 Å². The first-order valence-electron chi connectivity index (χ1n) is 8.63. The molecule has 138 valence electrons. The molecule has 25 heavy (non-hydrogen) atoms. The van der Waals surface area contributed by atoms with Crippen LogP contribution < -0.4 is 5.32 Å². The van der Waals surface area contributed by atoms with E-state index < -0.39 is 0 Å². The number of hydrogen-bond acceptors (Lipinski definition) is 2. The van der Waals surface area contributed by atoms with Crippen molar-refractivity contribution in [3.05, 3.63) is 54.1 Å². The summed E-state index contributed by atoms with van der Waals surface area (Å²) in [5.74, 6) is 2.50. The third-order valence-electron chi connectivity index (χ3n) is 3.69. The summed E-state index contributed by atoms with van der Waals surface area (Å²) in [6, 6.07) is 10.4. The summed E-state index contributed by atoms with van der Waals surface area (Å²) in [6.45, 7) is 9.75. The minimum atomic E-state index is 0. The maximum atomic E-state index is 4.77. The highest BCUT2D eigenvalue weighted by atomic mass is 127. The number of nitrogens with one attached hydrogen (secondary N) is 1. The largest absolute Gasteiger partial charge is 0.357 e. The number of halogens is 1. The molecule has 0 spiro atoms. The van der Waals surface area contributed by atoms with Gasteiger partial charge in [0.05, 0.1) is 0 Å². The molecule has 2 rings (SSSR count). The van der Waals surface area contributed by atoms with Gasteiger partial charge in [-0.2, -0.15) is 0 Å². The van der Waals surface area contributed by atoms with Gasteiger partial charge in [0, 0.05) is 39.1 Å². The van der Waals surface area contributed by atoms with E-state index in [0.29, 0.717) is 12.5 Å². The molecular formula is C19H30IN5. The van der Waals surface area contributed by atoms with E-state index in [1.807, 2.05) is 18.5 Å². The van der Waals surface area contributed by atoms with E-state index in [2.05, 4.69) is 71.9 Å². The van der Waals surface area contributed by atoms with Crippen LogP contribution in [0.1, 0.15) is 32.2 Å². The molecular weight excluding hydrogens is 425 g/mol. The molecule has 1 aromatic heterocycles. The van der Waals surface area contributed by atoms with Gasteiger partial charge in [-0.3, -0.25) is 0 Å². The molecule has 1 aromatic carbocycles. The van der Waals surface area contributed by atoms with Crippen LogP contribution >= 0.6 is 24.0 Å². The topological polar surface area (TPSA) is 45.5 Å². The lowest BCUT2D eigenvalue weighted by Crippen LogP contribution is -2.38. The molecule has 0 amide bonds. The predicted octanol–water partition coefficient (Wildman–Crippen LogP) is 3.75. The molecule has 0 saturated carbocycles. The fourth-order valence-corrected chi connectivity index (χ4v) is 2.60. The summed E-state index contributed by atoms with van der Waals surface area (Å²) in [6.07, 6.45) is 3.89. The van der Waals surface area contributed by atoms with Crippen LogP contribution in [0.5, 0.6) is 0 Å². The van der Waals surface area contributed by atoms with Crippen molar-refractivity contribution in [3.8, 4) is 0 Å². The zero-order chi connectivity index (χ0) is 17.4. The zero-order valence-corrected chi connectivity index (χ0v) is 18.0. The van der Waals surface area contributed by atoms with E-state index in [-0.39, 0.29) is 24.0 Å². The van der Waals surface area contributed by atoms with Crippen molar-refractivity contribution >= 4 is 29.9 Å². The molecule has 0 fully saturated rings. The molecule has 2 aromatic rings. The van der Waals surface area contributed by atoms with Gasteiger partial charge < -0.3 is 14.8 Å². The number of benzene rings is 1. The average molecular weight is 455 g/mol. The van der Waals surface area contributed by atoms with Crippen LogP contribution in [-0.2, 0) is 19.6 Å². The normalized spacial score (nSPS) is 11.3. The molecule has 1 N–H and O–H groups in total. The highest BCUT2D eigenvalue weighted by Crippen LogP contribution is 2.07. The molecule has 0 unspecified atom stereocenters. The van der Waals surface area contributed by atoms with Crippen LogP contribution in [0.25, 0.3) is 0 Å². The van der Waals surface area contributed by atoms with Crippen molar-refractivity contribution in [2.24, 2.45) is 10.9 Å². The minimum absolute atomic E-state index is 0. The van der Waals surface area contributed by atoms with E-state index in [4.69, 9.17) is 4.99 Å². The fourth-order valence-electron chi connectivity index (χ4n) is 2.60. The second-order valence-electron chi connectivity index (χ2n) is 6.40. The van der Waals surface area contributed by atoms with Crippen LogP contribution in [0.2, 0.25) is 0 Å². The summed E-state index contributed by atoms with van der Waals surface area (Å²) in [4.78, 5) is 11.4. The maximum absolute atomic E-state index is 4.77. The molecule has 1 heterocycles. The quantitative estimate of drug-likeness (QED) is 0.393. The fraction of sp³-hybridized carbons (Fsp3) is 0.474. The number of nitrogens with zero attached hydrogens (tertiary/aromatic N) is 4. The van der Waals surface area contributed by atoms with Crippen molar-refractivity contribution in [1.82, 2.24) is 19.8 Å². The SMILES string of the molecule is CCNC(=NCc1nccn1CC(C)C)N(C)Cc1ccccc1.I. The molecule has 0 aliphatic carbocycles. The van der Waals surface area contributed by atoms with Crippen molar-refractivity contribution in [3.63, 3.8) is 0 Å². The Balaban J connectivity index is 0.00000312. The molecule has 0 atom stereocenters. The molecule has 0 saturated heterocycles. The van der Waals surface area contributed by atoms with Gasteiger partial charge in [0.2, 0.25) is 0 Å². The Morgan fingerprint density at radius 1 is 1.28 bits per heavy atom. The summed E-state index contributed by atoms with van der Waals surface area (Å²) < 4.78 is 2.19. The molecule has 0 aliphatic rings. The maximum Gasteiger partial charge on any atom is 0.194 e. The Bertz CT molecular complexity index is 636. The first-order valence-corrected chi connectivity index (χ1v) is 8.63. The van der Waals surface area contributed by atoms with Gasteiger partial charge in [-0.1, -0.05) is 44.2 Å². The zero-order valence-electron chi connectivity index (χ0n) is 15.6. The van der Waals surface area contributed by atoms with Gasteiger partial charge in [0.15, 0.2) is 5.96 Å². The lowest BCUT2D eigenvalue weighted by molar-refractivity contribution is 0.473. The number of imidazole rings is 1. The van der Waals surface area contributed by atoms with Crippen LogP contribution in [0.15, 0.2) is 47.7 Å². The third kappa shape index (κ3) is 7.05. The summed E-state index contributed by atoms with van der Waals surface area (Å²) in [5, 5.41) is 3.36. The van der Waals surface area contributed by atoms with Gasteiger partial charge in [0.25, 0.3) is 0 Å². The van der Waals surface area contributed by atoms with E-state index in [1.165, 1.54) is 5.56 Å². The molecule has 0 radical (unpaired) electrons. The minimum Gasteiger partial charge on any atom is -0.357 e. The van der Waals surface area contributed by atoms with Crippen molar-refractivity contribution in [2.75, 3.05) is 13.6 Å². The average Bonchev–Trinajstić information content (AvgIpc) is 2.98. The van der Waals surface area contributed by atoms with Crippen molar-refractivity contribution < 1.29 is 0 Å². The number of hydrogen-bond donors (Lipinski definition) is 1. The van der Waals surface area contributed by atoms with Gasteiger partial charge in [-0.25, -0.2) is 9.98 Å². The Morgan fingerprint density at radius 2 is 2.00 bits per heavy atom. The highest BCUT2D eigenvalue weighted by Gasteiger charge is 2.08. The standard InChI is InChI=1S/C19H29N5.HI/c1-5-20-19(23(4)15-17-9-7-6-8-10-17)22-13-18-21-11-12-24(18)14-16(2)3;/h6-12,16H,5,13-15H2,1-4H3,(H,20,22);1H. The van der Waals surface area contributed by atoms with Gasteiger partial charge in [-0.05, 0) is 18.4 Å². The number of guanidine groups is 1. The summed E-state index contributed by atoms with van der Waals surface area (Å²) >= 11 is 0. The number of aromatic nitrogens is 2. The first kappa shape index (κ1) is 21.5. The van der Waals surface area contributed by atoms with Gasteiger partial charge in [-0.15, -0.1) is 24.0 Å². The Hall–Kier alpha value is -1.57. The van der Waals surface area contributed by atoms with Gasteiger partial charge >= 0.3 is 0 Å². The first-order chi connectivity index (χ1) is 11.6. The van der Waals surface area contributed by atoms with E-state index in [1.54, 1.807) is 0 Å². The Kier molecular flexibility index (Phi) is 9.55. The second kappa shape index (κ2) is 11.1. The smallest absolute Gasteiger partial charge is 0.194 e.